The van der Waals surface area contributed by atoms with E-state index in [1.807, 2.05) is 32.2 Å². The summed E-state index contributed by atoms with van der Waals surface area (Å²) in [6.45, 7) is 9.78. The highest BCUT2D eigenvalue weighted by atomic mass is 16.5. The minimum atomic E-state index is 0.139. The van der Waals surface area contributed by atoms with E-state index in [1.165, 1.54) is 12.8 Å². The van der Waals surface area contributed by atoms with Crippen molar-refractivity contribution in [2.75, 3.05) is 19.6 Å². The van der Waals surface area contributed by atoms with Gasteiger partial charge in [-0.3, -0.25) is 0 Å². The van der Waals surface area contributed by atoms with Crippen LogP contribution in [0.4, 0.5) is 0 Å². The van der Waals surface area contributed by atoms with Crippen LogP contribution in [0, 0.1) is 11.8 Å². The molecule has 0 aromatic carbocycles. The molecule has 1 aromatic heterocycles. The second-order valence-corrected chi connectivity index (χ2v) is 7.86. The molecule has 1 N–H and O–H groups in total. The minimum absolute atomic E-state index is 0.139. The quantitative estimate of drug-likeness (QED) is 0.647. The summed E-state index contributed by atoms with van der Waals surface area (Å²) in [7, 11) is 0. The first-order chi connectivity index (χ1) is 12.6. The molecule has 26 heavy (non-hydrogen) atoms. The van der Waals surface area contributed by atoms with E-state index in [0.29, 0.717) is 36.5 Å². The van der Waals surface area contributed by atoms with E-state index < -0.39 is 0 Å². The number of nitrogens with one attached hydrogen (secondary N) is 1. The van der Waals surface area contributed by atoms with Gasteiger partial charge < -0.3 is 19.7 Å². The molecule has 4 rings (SSSR count). The van der Waals surface area contributed by atoms with E-state index in [4.69, 9.17) is 14.5 Å². The second kappa shape index (κ2) is 7.43. The van der Waals surface area contributed by atoms with Crippen LogP contribution in [0.2, 0.25) is 0 Å². The molecule has 3 aliphatic rings. The maximum absolute atomic E-state index is 6.09. The Labute approximate surface area is 156 Å². The van der Waals surface area contributed by atoms with Gasteiger partial charge in [0.25, 0.3) is 0 Å². The van der Waals surface area contributed by atoms with Crippen LogP contribution >= 0.6 is 0 Å². The zero-order valence-corrected chi connectivity index (χ0v) is 16.0. The average molecular weight is 358 g/mol. The van der Waals surface area contributed by atoms with E-state index in [0.717, 1.165) is 31.2 Å². The van der Waals surface area contributed by atoms with Gasteiger partial charge in [-0.05, 0) is 39.2 Å². The fourth-order valence-electron chi connectivity index (χ4n) is 4.54. The summed E-state index contributed by atoms with van der Waals surface area (Å²) in [5, 5.41) is 3.46. The van der Waals surface area contributed by atoms with Gasteiger partial charge in [0.15, 0.2) is 5.96 Å². The third kappa shape index (κ3) is 3.52. The molecular weight excluding hydrogens is 328 g/mol. The van der Waals surface area contributed by atoms with Crippen LogP contribution in [0.25, 0.3) is 0 Å². The Morgan fingerprint density at radius 3 is 2.62 bits per heavy atom. The Bertz CT molecular complexity index is 628. The number of nitrogens with zero attached hydrogens (tertiary/aromatic N) is 3. The van der Waals surface area contributed by atoms with Crippen LogP contribution in [0.5, 0.6) is 5.88 Å². The summed E-state index contributed by atoms with van der Waals surface area (Å²) in [5.41, 5.74) is 1.10. The number of aromatic nitrogens is 1. The fourth-order valence-corrected chi connectivity index (χ4v) is 4.54. The van der Waals surface area contributed by atoms with Crippen LogP contribution in [0.15, 0.2) is 23.3 Å². The van der Waals surface area contributed by atoms with E-state index in [2.05, 4.69) is 22.1 Å². The molecule has 6 heteroatoms. The third-order valence-electron chi connectivity index (χ3n) is 5.65. The number of rotatable bonds is 5. The first kappa shape index (κ1) is 17.6. The lowest BCUT2D eigenvalue weighted by Gasteiger charge is -2.23. The van der Waals surface area contributed by atoms with Gasteiger partial charge in [-0.2, -0.15) is 0 Å². The zero-order valence-electron chi connectivity index (χ0n) is 16.0. The summed E-state index contributed by atoms with van der Waals surface area (Å²) in [4.78, 5) is 11.7. The molecule has 2 bridgehead atoms. The molecule has 0 saturated carbocycles. The number of guanidine groups is 1. The smallest absolute Gasteiger partial charge is 0.213 e. The molecule has 0 spiro atoms. The summed E-state index contributed by atoms with van der Waals surface area (Å²) in [5.74, 6) is 3.06. The normalized spacial score (nSPS) is 30.2. The van der Waals surface area contributed by atoms with E-state index >= 15 is 0 Å². The number of fused-ring (bicyclic) bond motifs is 5. The first-order valence-electron chi connectivity index (χ1n) is 9.94. The SMILES string of the molecule is CCNC(=NCc1ccc(OC(C)C)nc1)N1CC2C3CCC(O3)C2C1. The fraction of sp³-hybridized carbons (Fsp3) is 0.700. The summed E-state index contributed by atoms with van der Waals surface area (Å²) >= 11 is 0. The number of likely N-dealkylation sites (tertiary alicyclic amines) is 1. The van der Waals surface area contributed by atoms with Crippen molar-refractivity contribution in [1.29, 1.82) is 0 Å². The topological polar surface area (TPSA) is 59.0 Å². The predicted molar refractivity (Wildman–Crippen MR) is 101 cm³/mol. The molecule has 4 heterocycles. The van der Waals surface area contributed by atoms with Crippen molar-refractivity contribution < 1.29 is 9.47 Å². The molecule has 3 fully saturated rings. The lowest BCUT2D eigenvalue weighted by atomic mass is 9.82. The zero-order chi connectivity index (χ0) is 18.1. The number of hydrogen-bond donors (Lipinski definition) is 1. The molecular formula is C20H30N4O2. The standard InChI is InChI=1S/C20H30N4O2/c1-4-21-20(23-10-14-5-8-19(22-9-14)25-13(2)3)24-11-15-16(12-24)18-7-6-17(15)26-18/h5,8-9,13,15-18H,4,6-7,10-12H2,1-3H3,(H,21,23). The number of hydrogen-bond acceptors (Lipinski definition) is 4. The van der Waals surface area contributed by atoms with Crippen LogP contribution in [-0.2, 0) is 11.3 Å². The number of pyridine rings is 1. The molecule has 3 saturated heterocycles. The lowest BCUT2D eigenvalue weighted by molar-refractivity contribution is 0.0767. The molecule has 1 aromatic rings. The van der Waals surface area contributed by atoms with Crippen molar-refractivity contribution in [3.05, 3.63) is 23.9 Å². The van der Waals surface area contributed by atoms with Gasteiger partial charge in [0, 0.05) is 43.7 Å². The molecule has 4 unspecified atom stereocenters. The molecule has 4 atom stereocenters. The van der Waals surface area contributed by atoms with Gasteiger partial charge in [0.2, 0.25) is 5.88 Å². The molecule has 0 aliphatic carbocycles. The van der Waals surface area contributed by atoms with Gasteiger partial charge >= 0.3 is 0 Å². The highest BCUT2D eigenvalue weighted by Gasteiger charge is 2.53. The van der Waals surface area contributed by atoms with Crippen molar-refractivity contribution in [3.63, 3.8) is 0 Å². The average Bonchev–Trinajstić information content (AvgIpc) is 3.32. The van der Waals surface area contributed by atoms with Crippen LogP contribution < -0.4 is 10.1 Å². The number of aliphatic imine (C=N–C) groups is 1. The van der Waals surface area contributed by atoms with E-state index in [1.54, 1.807) is 0 Å². The summed E-state index contributed by atoms with van der Waals surface area (Å²) in [6, 6.07) is 3.97. The molecule has 6 nitrogen and oxygen atoms in total. The van der Waals surface area contributed by atoms with Crippen LogP contribution in [0.3, 0.4) is 0 Å². The largest absolute Gasteiger partial charge is 0.475 e. The Balaban J connectivity index is 1.40. The molecule has 142 valence electrons. The predicted octanol–water partition coefficient (Wildman–Crippen LogP) is 2.44. The third-order valence-corrected chi connectivity index (χ3v) is 5.65. The van der Waals surface area contributed by atoms with Crippen LogP contribution in [0.1, 0.15) is 39.2 Å². The maximum Gasteiger partial charge on any atom is 0.213 e. The Morgan fingerprint density at radius 1 is 1.31 bits per heavy atom. The van der Waals surface area contributed by atoms with Gasteiger partial charge in [-0.25, -0.2) is 9.98 Å². The first-order valence-corrected chi connectivity index (χ1v) is 9.94. The highest BCUT2D eigenvalue weighted by Crippen LogP contribution is 2.47. The highest BCUT2D eigenvalue weighted by molar-refractivity contribution is 5.80. The van der Waals surface area contributed by atoms with E-state index in [-0.39, 0.29) is 6.10 Å². The Kier molecular flexibility index (Phi) is 5.02. The second-order valence-electron chi connectivity index (χ2n) is 7.86. The van der Waals surface area contributed by atoms with Crippen molar-refractivity contribution in [1.82, 2.24) is 15.2 Å². The van der Waals surface area contributed by atoms with Crippen LogP contribution in [-0.4, -0.2) is 53.8 Å². The van der Waals surface area contributed by atoms with Gasteiger partial charge in [0.1, 0.15) is 0 Å². The van der Waals surface area contributed by atoms with Crippen molar-refractivity contribution >= 4 is 5.96 Å². The maximum atomic E-state index is 6.09. The Hall–Kier alpha value is -1.82. The number of ether oxygens (including phenoxy) is 2. The summed E-state index contributed by atoms with van der Waals surface area (Å²) in [6.07, 6.45) is 5.44. The van der Waals surface area contributed by atoms with E-state index in [9.17, 15) is 0 Å². The Morgan fingerprint density at radius 2 is 2.04 bits per heavy atom. The summed E-state index contributed by atoms with van der Waals surface area (Å²) < 4.78 is 11.7. The molecule has 0 amide bonds. The van der Waals surface area contributed by atoms with Gasteiger partial charge in [0.05, 0.1) is 24.9 Å². The van der Waals surface area contributed by atoms with Crippen molar-refractivity contribution in [2.24, 2.45) is 16.8 Å². The monoisotopic (exact) mass is 358 g/mol. The molecule has 3 aliphatic heterocycles. The van der Waals surface area contributed by atoms with Crippen molar-refractivity contribution in [2.45, 2.75) is 58.5 Å². The van der Waals surface area contributed by atoms with Crippen molar-refractivity contribution in [3.8, 4) is 5.88 Å². The van der Waals surface area contributed by atoms with Gasteiger partial charge in [-0.15, -0.1) is 0 Å². The minimum Gasteiger partial charge on any atom is -0.475 e. The van der Waals surface area contributed by atoms with Gasteiger partial charge in [-0.1, -0.05) is 6.07 Å². The molecule has 0 radical (unpaired) electrons. The lowest BCUT2D eigenvalue weighted by Crippen LogP contribution is -2.41.